The van der Waals surface area contributed by atoms with Gasteiger partial charge in [0, 0.05) is 6.16 Å². The molecule has 0 aromatic carbocycles. The molecule has 1 unspecified atom stereocenters. The van der Waals surface area contributed by atoms with E-state index in [0.717, 1.165) is 0 Å². The molecule has 4 heteroatoms. The third-order valence-corrected chi connectivity index (χ3v) is 2.79. The van der Waals surface area contributed by atoms with Crippen molar-refractivity contribution in [2.24, 2.45) is 0 Å². The van der Waals surface area contributed by atoms with Crippen LogP contribution in [-0.4, -0.2) is 17.7 Å². The maximum atomic E-state index is 9.23. The SMILES string of the molecule is C=CCOP(O)(=S)CC=C. The minimum absolute atomic E-state index is 0.307. The van der Waals surface area contributed by atoms with Gasteiger partial charge in [-0.25, -0.2) is 0 Å². The Morgan fingerprint density at radius 1 is 1.50 bits per heavy atom. The predicted octanol–water partition coefficient (Wildman–Crippen LogP) is 1.68. The molecule has 0 aromatic rings. The summed E-state index contributed by atoms with van der Waals surface area (Å²) in [5.41, 5.74) is 0. The lowest BCUT2D eigenvalue weighted by atomic mass is 10.7. The molecule has 0 aliphatic heterocycles. The Kier molecular flexibility index (Phi) is 4.83. The minimum atomic E-state index is -2.57. The Morgan fingerprint density at radius 2 is 2.10 bits per heavy atom. The molecule has 0 rings (SSSR count). The zero-order chi connectivity index (χ0) is 8.04. The highest BCUT2D eigenvalue weighted by molar-refractivity contribution is 8.09. The smallest absolute Gasteiger partial charge is 0.190 e. The van der Waals surface area contributed by atoms with Crippen molar-refractivity contribution < 1.29 is 9.42 Å². The maximum absolute atomic E-state index is 9.23. The Balaban J connectivity index is 3.74. The van der Waals surface area contributed by atoms with Crippen LogP contribution in [0.15, 0.2) is 25.3 Å². The molecule has 0 aliphatic carbocycles. The second-order valence-electron chi connectivity index (χ2n) is 1.69. The third-order valence-electron chi connectivity index (χ3n) is 0.754. The van der Waals surface area contributed by atoms with E-state index in [-0.39, 0.29) is 0 Å². The number of rotatable bonds is 5. The number of hydrogen-bond donors (Lipinski definition) is 1. The summed E-state index contributed by atoms with van der Waals surface area (Å²) in [6.45, 7) is 4.62. The van der Waals surface area contributed by atoms with Gasteiger partial charge in [-0.1, -0.05) is 12.2 Å². The van der Waals surface area contributed by atoms with Crippen molar-refractivity contribution in [2.45, 2.75) is 0 Å². The third kappa shape index (κ3) is 4.89. The van der Waals surface area contributed by atoms with Crippen LogP contribution in [0.4, 0.5) is 0 Å². The number of allylic oxidation sites excluding steroid dienone is 1. The predicted molar refractivity (Wildman–Crippen MR) is 47.7 cm³/mol. The summed E-state index contributed by atoms with van der Waals surface area (Å²) in [6.07, 6.45) is 3.47. The van der Waals surface area contributed by atoms with E-state index in [1.54, 1.807) is 12.2 Å². The van der Waals surface area contributed by atoms with Gasteiger partial charge in [0.05, 0.1) is 6.61 Å². The van der Waals surface area contributed by atoms with Crippen LogP contribution in [0.5, 0.6) is 0 Å². The van der Waals surface area contributed by atoms with Crippen LogP contribution in [0.3, 0.4) is 0 Å². The average molecular weight is 178 g/mol. The fourth-order valence-corrected chi connectivity index (χ4v) is 1.65. The Morgan fingerprint density at radius 3 is 2.50 bits per heavy atom. The second-order valence-corrected chi connectivity index (χ2v) is 5.30. The molecule has 1 N–H and O–H groups in total. The van der Waals surface area contributed by atoms with E-state index in [2.05, 4.69) is 13.2 Å². The molecule has 0 heterocycles. The molecule has 0 saturated heterocycles. The molecule has 0 aliphatic rings. The lowest BCUT2D eigenvalue weighted by Gasteiger charge is -2.11. The molecule has 0 amide bonds. The quantitative estimate of drug-likeness (QED) is 0.513. The van der Waals surface area contributed by atoms with Crippen LogP contribution in [0.25, 0.3) is 0 Å². The molecule has 0 bridgehead atoms. The standard InChI is InChI=1S/C6H11O2PS/c1-3-5-8-9(7,10)6-4-2/h3-4H,1-2,5-6H2,(H,7,10). The fourth-order valence-electron chi connectivity index (χ4n) is 0.385. The van der Waals surface area contributed by atoms with E-state index in [1.165, 1.54) is 0 Å². The van der Waals surface area contributed by atoms with E-state index in [4.69, 9.17) is 16.3 Å². The van der Waals surface area contributed by atoms with Gasteiger partial charge in [-0.3, -0.25) is 0 Å². The molecule has 0 spiro atoms. The second kappa shape index (κ2) is 4.80. The Bertz CT molecular complexity index is 167. The molecule has 58 valence electrons. The molecule has 0 saturated carbocycles. The first kappa shape index (κ1) is 10.0. The Labute approximate surface area is 66.4 Å². The van der Waals surface area contributed by atoms with Crippen LogP contribution < -0.4 is 0 Å². The normalized spacial score (nSPS) is 15.7. The van der Waals surface area contributed by atoms with Gasteiger partial charge in [0.2, 0.25) is 0 Å². The molecule has 2 nitrogen and oxygen atoms in total. The minimum Gasteiger partial charge on any atom is -0.345 e. The zero-order valence-electron chi connectivity index (χ0n) is 5.69. The Hall–Kier alpha value is 0.0500. The van der Waals surface area contributed by atoms with Crippen LogP contribution >= 0.6 is 6.49 Å². The van der Waals surface area contributed by atoms with Crippen molar-refractivity contribution in [3.05, 3.63) is 25.3 Å². The van der Waals surface area contributed by atoms with E-state index in [1.807, 2.05) is 0 Å². The fraction of sp³-hybridized carbons (Fsp3) is 0.333. The first-order valence-electron chi connectivity index (χ1n) is 2.80. The highest BCUT2D eigenvalue weighted by Gasteiger charge is 2.08. The van der Waals surface area contributed by atoms with Crippen LogP contribution in [0, 0.1) is 0 Å². The summed E-state index contributed by atoms with van der Waals surface area (Å²) >= 11 is 4.73. The van der Waals surface area contributed by atoms with Crippen molar-refractivity contribution in [3.63, 3.8) is 0 Å². The molecule has 1 atom stereocenters. The maximum Gasteiger partial charge on any atom is 0.190 e. The first-order chi connectivity index (χ1) is 4.62. The van der Waals surface area contributed by atoms with Crippen molar-refractivity contribution in [2.75, 3.05) is 12.8 Å². The zero-order valence-corrected chi connectivity index (χ0v) is 7.40. The molecule has 10 heavy (non-hydrogen) atoms. The van der Waals surface area contributed by atoms with Gasteiger partial charge in [-0.15, -0.1) is 13.2 Å². The number of hydrogen-bond acceptors (Lipinski definition) is 2. The summed E-state index contributed by atoms with van der Waals surface area (Å²) in [4.78, 5) is 9.23. The first-order valence-corrected chi connectivity index (χ1v) is 5.66. The van der Waals surface area contributed by atoms with Crippen molar-refractivity contribution in [1.29, 1.82) is 0 Å². The van der Waals surface area contributed by atoms with E-state index >= 15 is 0 Å². The summed E-state index contributed by atoms with van der Waals surface area (Å²) in [6, 6.07) is 0. The van der Waals surface area contributed by atoms with Gasteiger partial charge >= 0.3 is 0 Å². The molecular formula is C6H11O2PS. The van der Waals surface area contributed by atoms with Gasteiger partial charge in [0.25, 0.3) is 0 Å². The summed E-state index contributed by atoms with van der Waals surface area (Å²) in [5, 5.41) is 0. The van der Waals surface area contributed by atoms with Crippen LogP contribution in [-0.2, 0) is 16.3 Å². The molecular weight excluding hydrogens is 167 g/mol. The van der Waals surface area contributed by atoms with Crippen molar-refractivity contribution in [3.8, 4) is 0 Å². The van der Waals surface area contributed by atoms with Crippen molar-refractivity contribution >= 4 is 18.3 Å². The molecule has 0 radical (unpaired) electrons. The topological polar surface area (TPSA) is 29.5 Å². The lowest BCUT2D eigenvalue weighted by Crippen LogP contribution is -1.91. The van der Waals surface area contributed by atoms with Gasteiger partial charge in [-0.2, -0.15) is 0 Å². The highest BCUT2D eigenvalue weighted by atomic mass is 32.5. The van der Waals surface area contributed by atoms with E-state index in [0.29, 0.717) is 12.8 Å². The summed E-state index contributed by atoms with van der Waals surface area (Å²) < 4.78 is 4.91. The monoisotopic (exact) mass is 178 g/mol. The van der Waals surface area contributed by atoms with Crippen molar-refractivity contribution in [1.82, 2.24) is 0 Å². The van der Waals surface area contributed by atoms with E-state index in [9.17, 15) is 4.89 Å². The average Bonchev–Trinajstić information content (AvgIpc) is 1.84. The largest absolute Gasteiger partial charge is 0.345 e. The lowest BCUT2D eigenvalue weighted by molar-refractivity contribution is 0.348. The van der Waals surface area contributed by atoms with E-state index < -0.39 is 6.49 Å². The highest BCUT2D eigenvalue weighted by Crippen LogP contribution is 2.41. The van der Waals surface area contributed by atoms with Gasteiger partial charge in [-0.05, 0) is 11.8 Å². The van der Waals surface area contributed by atoms with Gasteiger partial charge in [0.1, 0.15) is 0 Å². The summed E-state index contributed by atoms with van der Waals surface area (Å²) in [5.74, 6) is 0. The molecule has 0 fully saturated rings. The molecule has 0 aromatic heterocycles. The summed E-state index contributed by atoms with van der Waals surface area (Å²) in [7, 11) is 0. The van der Waals surface area contributed by atoms with Crippen LogP contribution in [0.2, 0.25) is 0 Å². The van der Waals surface area contributed by atoms with Crippen LogP contribution in [0.1, 0.15) is 0 Å². The van der Waals surface area contributed by atoms with Gasteiger partial charge < -0.3 is 9.42 Å². The van der Waals surface area contributed by atoms with Gasteiger partial charge in [0.15, 0.2) is 6.49 Å².